The van der Waals surface area contributed by atoms with E-state index in [4.69, 9.17) is 0 Å². The fourth-order valence-electron chi connectivity index (χ4n) is 4.48. The van der Waals surface area contributed by atoms with Crippen molar-refractivity contribution in [2.75, 3.05) is 0 Å². The molecule has 0 amide bonds. The zero-order valence-electron chi connectivity index (χ0n) is 13.0. The van der Waals surface area contributed by atoms with Gasteiger partial charge in [0.05, 0.1) is 6.10 Å². The van der Waals surface area contributed by atoms with Gasteiger partial charge in [-0.05, 0) is 67.1 Å². The molecular formula is C17H32O. The molecule has 0 radical (unpaired) electrons. The van der Waals surface area contributed by atoms with Crippen LogP contribution in [0, 0.1) is 28.6 Å². The summed E-state index contributed by atoms with van der Waals surface area (Å²) in [5.74, 6) is 2.34. The van der Waals surface area contributed by atoms with Crippen LogP contribution in [0.15, 0.2) is 0 Å². The van der Waals surface area contributed by atoms with Gasteiger partial charge in [0.25, 0.3) is 0 Å². The molecule has 2 saturated carbocycles. The van der Waals surface area contributed by atoms with Gasteiger partial charge >= 0.3 is 0 Å². The molecule has 0 spiro atoms. The summed E-state index contributed by atoms with van der Waals surface area (Å²) in [5, 5.41) is 9.96. The number of hydrogen-bond donors (Lipinski definition) is 1. The van der Waals surface area contributed by atoms with Crippen LogP contribution in [0.3, 0.4) is 0 Å². The normalized spacial score (nSPS) is 43.0. The molecule has 1 nitrogen and oxygen atoms in total. The lowest BCUT2D eigenvalue weighted by atomic mass is 9.64. The largest absolute Gasteiger partial charge is 0.393 e. The Morgan fingerprint density at radius 1 is 1.06 bits per heavy atom. The second-order valence-electron chi connectivity index (χ2n) is 8.41. The minimum absolute atomic E-state index is 0.0312. The van der Waals surface area contributed by atoms with Crippen LogP contribution in [0.25, 0.3) is 0 Å². The third-order valence-electron chi connectivity index (χ3n) is 6.52. The summed E-state index contributed by atoms with van der Waals surface area (Å²) in [6, 6.07) is 0. The molecule has 2 aliphatic rings. The first kappa shape index (κ1) is 14.4. The van der Waals surface area contributed by atoms with Gasteiger partial charge in [0.15, 0.2) is 0 Å². The lowest BCUT2D eigenvalue weighted by Gasteiger charge is -2.41. The molecule has 0 aliphatic heterocycles. The van der Waals surface area contributed by atoms with Crippen molar-refractivity contribution in [1.82, 2.24) is 0 Å². The molecule has 4 unspecified atom stereocenters. The lowest BCUT2D eigenvalue weighted by molar-refractivity contribution is 0.0440. The van der Waals surface area contributed by atoms with Gasteiger partial charge in [-0.3, -0.25) is 0 Å². The van der Waals surface area contributed by atoms with Gasteiger partial charge in [-0.2, -0.15) is 0 Å². The Bertz CT molecular complexity index is 282. The van der Waals surface area contributed by atoms with Crippen LogP contribution in [0.5, 0.6) is 0 Å². The van der Waals surface area contributed by atoms with E-state index in [1.165, 1.54) is 25.7 Å². The average molecular weight is 252 g/mol. The lowest BCUT2D eigenvalue weighted by Crippen LogP contribution is -2.34. The van der Waals surface area contributed by atoms with Crippen molar-refractivity contribution >= 4 is 0 Å². The molecule has 0 aromatic heterocycles. The average Bonchev–Trinajstić information content (AvgIpc) is 2.39. The van der Waals surface area contributed by atoms with Crippen LogP contribution in [0.1, 0.15) is 73.1 Å². The third kappa shape index (κ3) is 2.61. The van der Waals surface area contributed by atoms with E-state index in [9.17, 15) is 5.11 Å². The summed E-state index contributed by atoms with van der Waals surface area (Å²) >= 11 is 0. The second kappa shape index (κ2) is 4.81. The molecule has 2 fully saturated rings. The smallest absolute Gasteiger partial charge is 0.0545 e. The molecule has 0 bridgehead atoms. The highest BCUT2D eigenvalue weighted by molar-refractivity contribution is 4.98. The molecule has 1 N–H and O–H groups in total. The van der Waals surface area contributed by atoms with Crippen molar-refractivity contribution in [3.8, 4) is 0 Å². The van der Waals surface area contributed by atoms with Crippen molar-refractivity contribution in [2.45, 2.75) is 79.2 Å². The van der Waals surface area contributed by atoms with Crippen LogP contribution in [-0.2, 0) is 0 Å². The highest BCUT2D eigenvalue weighted by Gasteiger charge is 2.48. The van der Waals surface area contributed by atoms with Crippen molar-refractivity contribution in [3.05, 3.63) is 0 Å². The summed E-state index contributed by atoms with van der Waals surface area (Å²) in [5.41, 5.74) is 0.940. The van der Waals surface area contributed by atoms with Crippen LogP contribution < -0.4 is 0 Å². The van der Waals surface area contributed by atoms with E-state index < -0.39 is 0 Å². The van der Waals surface area contributed by atoms with E-state index in [0.29, 0.717) is 10.8 Å². The zero-order chi connectivity index (χ0) is 13.6. The Balaban J connectivity index is 1.98. The Morgan fingerprint density at radius 2 is 1.72 bits per heavy atom. The molecular weight excluding hydrogens is 220 g/mol. The molecule has 0 saturated heterocycles. The maximum absolute atomic E-state index is 9.96. The fraction of sp³-hybridized carbons (Fsp3) is 1.00. The van der Waals surface area contributed by atoms with E-state index in [1.54, 1.807) is 0 Å². The van der Waals surface area contributed by atoms with Gasteiger partial charge < -0.3 is 5.11 Å². The molecule has 4 atom stereocenters. The van der Waals surface area contributed by atoms with E-state index in [0.717, 1.165) is 30.6 Å². The van der Waals surface area contributed by atoms with Crippen molar-refractivity contribution in [2.24, 2.45) is 28.6 Å². The third-order valence-corrected chi connectivity index (χ3v) is 6.52. The van der Waals surface area contributed by atoms with Gasteiger partial charge in [0, 0.05) is 0 Å². The first-order valence-electron chi connectivity index (χ1n) is 7.90. The van der Waals surface area contributed by atoms with Gasteiger partial charge in [-0.25, -0.2) is 0 Å². The molecule has 0 heterocycles. The Hall–Kier alpha value is -0.0400. The SMILES string of the molecule is CC1CC(O)CC(CC2CCC(C)(C)C2(C)C)C1. The van der Waals surface area contributed by atoms with Gasteiger partial charge in [-0.1, -0.05) is 34.6 Å². The van der Waals surface area contributed by atoms with Crippen molar-refractivity contribution in [1.29, 1.82) is 0 Å². The Morgan fingerprint density at radius 3 is 2.22 bits per heavy atom. The predicted molar refractivity (Wildman–Crippen MR) is 77.4 cm³/mol. The Labute approximate surface area is 113 Å². The molecule has 0 aromatic carbocycles. The first-order valence-corrected chi connectivity index (χ1v) is 7.90. The highest BCUT2D eigenvalue weighted by Crippen LogP contribution is 2.57. The zero-order valence-corrected chi connectivity index (χ0v) is 13.0. The number of aliphatic hydroxyl groups excluding tert-OH is 1. The fourth-order valence-corrected chi connectivity index (χ4v) is 4.48. The first-order chi connectivity index (χ1) is 8.22. The topological polar surface area (TPSA) is 20.2 Å². The Kier molecular flexibility index (Phi) is 3.84. The summed E-state index contributed by atoms with van der Waals surface area (Å²) in [4.78, 5) is 0. The molecule has 1 heteroatoms. The van der Waals surface area contributed by atoms with Gasteiger partial charge in [0.2, 0.25) is 0 Å². The second-order valence-corrected chi connectivity index (χ2v) is 8.41. The molecule has 106 valence electrons. The maximum Gasteiger partial charge on any atom is 0.0545 e. The minimum Gasteiger partial charge on any atom is -0.393 e. The van der Waals surface area contributed by atoms with E-state index in [1.807, 2.05) is 0 Å². The monoisotopic (exact) mass is 252 g/mol. The van der Waals surface area contributed by atoms with Crippen LogP contribution in [0.2, 0.25) is 0 Å². The summed E-state index contributed by atoms with van der Waals surface area (Å²) in [6.45, 7) is 12.1. The quantitative estimate of drug-likeness (QED) is 0.759. The van der Waals surface area contributed by atoms with E-state index >= 15 is 0 Å². The molecule has 2 rings (SSSR count). The maximum atomic E-state index is 9.96. The van der Waals surface area contributed by atoms with Crippen LogP contribution in [-0.4, -0.2) is 11.2 Å². The summed E-state index contributed by atoms with van der Waals surface area (Å²) in [7, 11) is 0. The number of hydrogen-bond acceptors (Lipinski definition) is 1. The number of rotatable bonds is 2. The van der Waals surface area contributed by atoms with Crippen molar-refractivity contribution < 1.29 is 5.11 Å². The van der Waals surface area contributed by atoms with E-state index in [2.05, 4.69) is 34.6 Å². The van der Waals surface area contributed by atoms with Gasteiger partial charge in [0.1, 0.15) is 0 Å². The predicted octanol–water partition coefficient (Wildman–Crippen LogP) is 4.64. The number of aliphatic hydroxyl groups is 1. The molecule has 0 aromatic rings. The highest BCUT2D eigenvalue weighted by atomic mass is 16.3. The van der Waals surface area contributed by atoms with Gasteiger partial charge in [-0.15, -0.1) is 0 Å². The molecule has 2 aliphatic carbocycles. The summed E-state index contributed by atoms with van der Waals surface area (Å²) in [6.07, 6.45) is 7.49. The standard InChI is InChI=1S/C17H32O/c1-12-8-13(11-15(18)9-12)10-14-6-7-16(2,3)17(14,4)5/h12-15,18H,6-11H2,1-5H3. The summed E-state index contributed by atoms with van der Waals surface area (Å²) < 4.78 is 0. The van der Waals surface area contributed by atoms with Crippen molar-refractivity contribution in [3.63, 3.8) is 0 Å². The van der Waals surface area contributed by atoms with Crippen LogP contribution in [0.4, 0.5) is 0 Å². The minimum atomic E-state index is -0.0312. The van der Waals surface area contributed by atoms with E-state index in [-0.39, 0.29) is 6.10 Å². The van der Waals surface area contributed by atoms with Crippen LogP contribution >= 0.6 is 0 Å². The molecule has 18 heavy (non-hydrogen) atoms.